The number of Topliss-reactive ketones (excluding diaryl/α,β-unsaturated/α-hetero) is 1. The zero-order chi connectivity index (χ0) is 25.3. The summed E-state index contributed by atoms with van der Waals surface area (Å²) in [7, 11) is 0. The number of hydrogen-bond acceptors (Lipinski definition) is 5. The zero-order valence-corrected chi connectivity index (χ0v) is 20.1. The molecule has 3 aliphatic rings. The SMILES string of the molecule is O=C1C=C(Br)C(=O)C2=C1C(c1cccc(F)c1O)C1=CCn3c(=O)n(-c4ccccc4)c(=O)n3C1C2. The Morgan fingerprint density at radius 3 is 2.47 bits per heavy atom. The van der Waals surface area contributed by atoms with E-state index in [1.54, 1.807) is 36.4 Å². The fourth-order valence-electron chi connectivity index (χ4n) is 5.40. The number of benzene rings is 2. The van der Waals surface area contributed by atoms with E-state index < -0.39 is 46.5 Å². The molecule has 6 rings (SSSR count). The molecule has 36 heavy (non-hydrogen) atoms. The molecule has 0 radical (unpaired) electrons. The summed E-state index contributed by atoms with van der Waals surface area (Å²) in [6, 6.07) is 11.7. The van der Waals surface area contributed by atoms with E-state index in [1.165, 1.54) is 27.6 Å². The van der Waals surface area contributed by atoms with Crippen LogP contribution in [0.3, 0.4) is 0 Å². The first-order valence-corrected chi connectivity index (χ1v) is 11.9. The normalized spacial score (nSPS) is 20.9. The van der Waals surface area contributed by atoms with Crippen molar-refractivity contribution < 1.29 is 19.1 Å². The largest absolute Gasteiger partial charge is 0.505 e. The second kappa shape index (κ2) is 7.99. The van der Waals surface area contributed by atoms with Crippen LogP contribution in [-0.2, 0) is 16.1 Å². The summed E-state index contributed by atoms with van der Waals surface area (Å²) < 4.78 is 18.1. The van der Waals surface area contributed by atoms with Gasteiger partial charge in [-0.3, -0.25) is 9.59 Å². The zero-order valence-electron chi connectivity index (χ0n) is 18.5. The molecule has 0 spiro atoms. The van der Waals surface area contributed by atoms with Gasteiger partial charge in [-0.05, 0) is 39.7 Å². The molecule has 180 valence electrons. The Morgan fingerprint density at radius 2 is 1.72 bits per heavy atom. The summed E-state index contributed by atoms with van der Waals surface area (Å²) in [4.78, 5) is 53.2. The van der Waals surface area contributed by atoms with Crippen LogP contribution in [0.1, 0.15) is 23.9 Å². The summed E-state index contributed by atoms with van der Waals surface area (Å²) in [6.07, 6.45) is 2.87. The summed E-state index contributed by atoms with van der Waals surface area (Å²) in [5.74, 6) is -3.36. The lowest BCUT2D eigenvalue weighted by atomic mass is 9.68. The average molecular weight is 550 g/mol. The molecular formula is C26H17BrFN3O5. The molecule has 0 saturated carbocycles. The van der Waals surface area contributed by atoms with E-state index in [-0.39, 0.29) is 34.2 Å². The fraction of sp³-hybridized carbons (Fsp3) is 0.154. The molecule has 8 nitrogen and oxygen atoms in total. The molecule has 0 saturated heterocycles. The van der Waals surface area contributed by atoms with Crippen LogP contribution in [-0.4, -0.2) is 30.6 Å². The number of halogens is 2. The number of ketones is 2. The van der Waals surface area contributed by atoms with Gasteiger partial charge in [0.25, 0.3) is 0 Å². The number of carbonyl (C=O) groups is 2. The molecule has 1 aromatic heterocycles. The number of nitrogens with zero attached hydrogens (tertiary/aromatic N) is 3. The van der Waals surface area contributed by atoms with Crippen molar-refractivity contribution in [3.8, 4) is 11.4 Å². The summed E-state index contributed by atoms with van der Waals surface area (Å²) in [6.45, 7) is 0.0244. The van der Waals surface area contributed by atoms with Gasteiger partial charge in [-0.1, -0.05) is 36.4 Å². The van der Waals surface area contributed by atoms with E-state index in [9.17, 15) is 28.7 Å². The number of carbonyl (C=O) groups excluding carboxylic acids is 2. The number of phenols is 1. The van der Waals surface area contributed by atoms with Gasteiger partial charge in [0.05, 0.1) is 22.8 Å². The van der Waals surface area contributed by atoms with Gasteiger partial charge in [-0.15, -0.1) is 0 Å². The van der Waals surface area contributed by atoms with E-state index in [4.69, 9.17) is 0 Å². The summed E-state index contributed by atoms with van der Waals surface area (Å²) in [5, 5.41) is 10.6. The molecule has 1 N–H and O–H groups in total. The van der Waals surface area contributed by atoms with Crippen molar-refractivity contribution in [2.24, 2.45) is 0 Å². The first-order valence-electron chi connectivity index (χ1n) is 11.2. The molecular weight excluding hydrogens is 533 g/mol. The quantitative estimate of drug-likeness (QED) is 0.391. The molecule has 2 heterocycles. The van der Waals surface area contributed by atoms with Crippen molar-refractivity contribution in [1.29, 1.82) is 0 Å². The summed E-state index contributed by atoms with van der Waals surface area (Å²) >= 11 is 3.14. The first kappa shape index (κ1) is 22.4. The molecule has 0 fully saturated rings. The Bertz CT molecular complexity index is 1710. The van der Waals surface area contributed by atoms with Gasteiger partial charge < -0.3 is 5.11 Å². The van der Waals surface area contributed by atoms with Crippen LogP contribution in [0.15, 0.2) is 91.5 Å². The van der Waals surface area contributed by atoms with Crippen molar-refractivity contribution >= 4 is 27.5 Å². The van der Waals surface area contributed by atoms with Crippen LogP contribution in [0.5, 0.6) is 5.75 Å². The van der Waals surface area contributed by atoms with Crippen molar-refractivity contribution in [3.63, 3.8) is 0 Å². The molecule has 1 aliphatic heterocycles. The van der Waals surface area contributed by atoms with Gasteiger partial charge in [0, 0.05) is 35.1 Å². The predicted octanol–water partition coefficient (Wildman–Crippen LogP) is 3.04. The first-order chi connectivity index (χ1) is 17.3. The molecule has 0 bridgehead atoms. The highest BCUT2D eigenvalue weighted by molar-refractivity contribution is 9.12. The lowest BCUT2D eigenvalue weighted by Crippen LogP contribution is -2.40. The number of aromatic hydroxyl groups is 1. The van der Waals surface area contributed by atoms with Gasteiger partial charge in [0.1, 0.15) is 0 Å². The minimum absolute atomic E-state index is 0.0145. The number of phenolic OH excluding ortho intramolecular Hbond substituents is 1. The lowest BCUT2D eigenvalue weighted by Gasteiger charge is -2.39. The van der Waals surface area contributed by atoms with E-state index in [0.717, 1.165) is 10.6 Å². The maximum absolute atomic E-state index is 14.4. The second-order valence-electron chi connectivity index (χ2n) is 8.78. The van der Waals surface area contributed by atoms with Crippen molar-refractivity contribution in [2.75, 3.05) is 0 Å². The molecule has 10 heteroatoms. The Hall–Kier alpha value is -4.05. The van der Waals surface area contributed by atoms with E-state index in [1.807, 2.05) is 0 Å². The highest BCUT2D eigenvalue weighted by Gasteiger charge is 2.45. The number of para-hydroxylation sites is 2. The summed E-state index contributed by atoms with van der Waals surface area (Å²) in [5.41, 5.74) is 0.194. The van der Waals surface area contributed by atoms with Crippen LogP contribution < -0.4 is 11.4 Å². The molecule has 2 unspecified atom stereocenters. The third-order valence-electron chi connectivity index (χ3n) is 6.94. The van der Waals surface area contributed by atoms with Crippen LogP contribution in [0.4, 0.5) is 4.39 Å². The number of allylic oxidation sites excluding steroid dienone is 6. The van der Waals surface area contributed by atoms with Gasteiger partial charge in [-0.25, -0.2) is 27.9 Å². The third-order valence-corrected chi connectivity index (χ3v) is 7.53. The monoisotopic (exact) mass is 549 g/mol. The predicted molar refractivity (Wildman–Crippen MR) is 131 cm³/mol. The Morgan fingerprint density at radius 1 is 0.972 bits per heavy atom. The maximum atomic E-state index is 14.4. The second-order valence-corrected chi connectivity index (χ2v) is 9.63. The lowest BCUT2D eigenvalue weighted by molar-refractivity contribution is -0.115. The smallest absolute Gasteiger partial charge is 0.352 e. The van der Waals surface area contributed by atoms with Crippen molar-refractivity contribution in [2.45, 2.75) is 24.9 Å². The molecule has 2 aromatic carbocycles. The maximum Gasteiger partial charge on any atom is 0.352 e. The highest BCUT2D eigenvalue weighted by atomic mass is 79.9. The van der Waals surface area contributed by atoms with Crippen LogP contribution in [0.25, 0.3) is 5.69 Å². The van der Waals surface area contributed by atoms with E-state index in [2.05, 4.69) is 15.9 Å². The third kappa shape index (κ3) is 3.03. The molecule has 0 amide bonds. The number of aromatic nitrogens is 3. The number of hydrogen-bond donors (Lipinski definition) is 1. The van der Waals surface area contributed by atoms with E-state index in [0.29, 0.717) is 11.3 Å². The fourth-order valence-corrected chi connectivity index (χ4v) is 5.84. The molecule has 2 aliphatic carbocycles. The van der Waals surface area contributed by atoms with Gasteiger partial charge in [0.2, 0.25) is 0 Å². The Labute approximate surface area is 211 Å². The average Bonchev–Trinajstić information content (AvgIpc) is 3.13. The van der Waals surface area contributed by atoms with Crippen LogP contribution >= 0.6 is 15.9 Å². The van der Waals surface area contributed by atoms with Crippen molar-refractivity contribution in [1.82, 2.24) is 13.9 Å². The Balaban J connectivity index is 1.62. The molecule has 3 aromatic rings. The topological polar surface area (TPSA) is 103 Å². The number of fused-ring (bicyclic) bond motifs is 3. The van der Waals surface area contributed by atoms with Crippen LogP contribution in [0, 0.1) is 5.82 Å². The van der Waals surface area contributed by atoms with Gasteiger partial charge in [-0.2, -0.15) is 0 Å². The van der Waals surface area contributed by atoms with Crippen molar-refractivity contribution in [3.05, 3.63) is 114 Å². The Kier molecular flexibility index (Phi) is 4.97. The minimum Gasteiger partial charge on any atom is -0.505 e. The van der Waals surface area contributed by atoms with E-state index >= 15 is 0 Å². The standard InChI is InChI=1S/C26H17BrFN3O5/c27-17-12-20(32)22-16(23(17)33)11-19-14(21(22)15-7-4-8-18(28)24(15)34)9-10-29-25(35)30(26(36)31(19)29)13-5-2-1-3-6-13/h1-9,12,19,21,34H,10-11H2. The van der Waals surface area contributed by atoms with Crippen LogP contribution in [0.2, 0.25) is 0 Å². The molecule has 2 atom stereocenters. The minimum atomic E-state index is -0.974. The number of rotatable bonds is 2. The van der Waals surface area contributed by atoms with Gasteiger partial charge >= 0.3 is 11.4 Å². The van der Waals surface area contributed by atoms with Gasteiger partial charge in [0.15, 0.2) is 23.1 Å². The highest BCUT2D eigenvalue weighted by Crippen LogP contribution is 2.51.